The Morgan fingerprint density at radius 1 is 1.36 bits per heavy atom. The van der Waals surface area contributed by atoms with E-state index >= 15 is 0 Å². The van der Waals surface area contributed by atoms with Gasteiger partial charge in [-0.05, 0) is 43.2 Å². The molecule has 0 aliphatic carbocycles. The van der Waals surface area contributed by atoms with Crippen molar-refractivity contribution in [1.82, 2.24) is 10.2 Å². The topological polar surface area (TPSA) is 67.3 Å². The Labute approximate surface area is 129 Å². The van der Waals surface area contributed by atoms with Crippen molar-refractivity contribution in [3.8, 4) is 29.4 Å². The second-order valence-corrected chi connectivity index (χ2v) is 5.34. The van der Waals surface area contributed by atoms with Crippen molar-refractivity contribution in [3.63, 3.8) is 0 Å². The van der Waals surface area contributed by atoms with Crippen molar-refractivity contribution in [2.24, 2.45) is 0 Å². The predicted molar refractivity (Wildman–Crippen MR) is 84.7 cm³/mol. The quantitative estimate of drug-likeness (QED) is 0.851. The van der Waals surface area contributed by atoms with E-state index in [2.05, 4.69) is 21.4 Å². The molecule has 0 spiro atoms. The third-order valence-corrected chi connectivity index (χ3v) is 3.69. The summed E-state index contributed by atoms with van der Waals surface area (Å²) in [6, 6.07) is 7.30. The Hall–Kier alpha value is -2.58. The molecule has 1 aliphatic rings. The lowest BCUT2D eigenvalue weighted by molar-refractivity contribution is 0.195. The van der Waals surface area contributed by atoms with E-state index in [-0.39, 0.29) is 11.8 Å². The van der Waals surface area contributed by atoms with Crippen LogP contribution in [0.2, 0.25) is 0 Å². The molecule has 3 rings (SSSR count). The predicted octanol–water partition coefficient (Wildman–Crippen LogP) is 2.34. The monoisotopic (exact) mass is 295 g/mol. The first kappa shape index (κ1) is 14.4. The van der Waals surface area contributed by atoms with Gasteiger partial charge in [0.25, 0.3) is 0 Å². The molecular formula is C17H17N3O2. The average Bonchev–Trinajstić information content (AvgIpc) is 3.01. The average molecular weight is 295 g/mol. The van der Waals surface area contributed by atoms with Gasteiger partial charge in [0.2, 0.25) is 0 Å². The molecule has 0 radical (unpaired) electrons. The minimum atomic E-state index is 0.109. The first-order valence-electron chi connectivity index (χ1n) is 7.16. The summed E-state index contributed by atoms with van der Waals surface area (Å²) >= 11 is 0. The van der Waals surface area contributed by atoms with Gasteiger partial charge in [-0.25, -0.2) is 0 Å². The highest BCUT2D eigenvalue weighted by Crippen LogP contribution is 2.31. The number of nitrogens with zero attached hydrogens (tertiary/aromatic N) is 2. The lowest BCUT2D eigenvalue weighted by Gasteiger charge is -2.13. The molecule has 2 heterocycles. The van der Waals surface area contributed by atoms with Crippen LogP contribution in [-0.2, 0) is 4.74 Å². The number of phenols is 1. The van der Waals surface area contributed by atoms with Crippen LogP contribution in [0.1, 0.15) is 17.5 Å². The number of hydrogen-bond donors (Lipinski definition) is 2. The number of aromatic nitrogens is 2. The second-order valence-electron chi connectivity index (χ2n) is 5.34. The molecule has 0 unspecified atom stereocenters. The highest BCUT2D eigenvalue weighted by Gasteiger charge is 2.17. The van der Waals surface area contributed by atoms with E-state index < -0.39 is 0 Å². The Morgan fingerprint density at radius 2 is 2.23 bits per heavy atom. The molecule has 0 saturated carbocycles. The summed E-state index contributed by atoms with van der Waals surface area (Å²) < 4.78 is 5.33. The van der Waals surface area contributed by atoms with E-state index in [0.717, 1.165) is 24.4 Å². The maximum atomic E-state index is 10.1. The fraction of sp³-hybridized carbons (Fsp3) is 0.294. The molecule has 5 nitrogen and oxygen atoms in total. The van der Waals surface area contributed by atoms with Gasteiger partial charge in [0.15, 0.2) is 0 Å². The summed E-state index contributed by atoms with van der Waals surface area (Å²) in [6.45, 7) is 3.41. The van der Waals surface area contributed by atoms with E-state index in [1.54, 1.807) is 18.2 Å². The van der Waals surface area contributed by atoms with Gasteiger partial charge in [0.05, 0.1) is 18.3 Å². The molecule has 1 aromatic carbocycles. The van der Waals surface area contributed by atoms with Crippen LogP contribution < -0.4 is 5.32 Å². The Kier molecular flexibility index (Phi) is 3.94. The molecule has 0 amide bonds. The molecule has 0 bridgehead atoms. The normalized spacial score (nSPS) is 17.2. The van der Waals surface area contributed by atoms with Crippen molar-refractivity contribution in [2.75, 3.05) is 18.5 Å². The zero-order valence-corrected chi connectivity index (χ0v) is 12.3. The molecule has 2 N–H and O–H groups in total. The fourth-order valence-corrected chi connectivity index (χ4v) is 2.50. The van der Waals surface area contributed by atoms with Crippen molar-refractivity contribution >= 4 is 5.82 Å². The summed E-state index contributed by atoms with van der Waals surface area (Å²) in [5.41, 5.74) is 2.83. The molecule has 1 atom stereocenters. The summed E-state index contributed by atoms with van der Waals surface area (Å²) in [5, 5.41) is 21.8. The van der Waals surface area contributed by atoms with Gasteiger partial charge in [0.1, 0.15) is 11.6 Å². The van der Waals surface area contributed by atoms with E-state index in [4.69, 9.17) is 11.2 Å². The minimum absolute atomic E-state index is 0.109. The number of terminal acetylenes is 1. The minimum Gasteiger partial charge on any atom is -0.507 e. The first-order chi connectivity index (χ1) is 10.7. The largest absolute Gasteiger partial charge is 0.507 e. The standard InChI is InChI=1S/C17H17N3O2/c1-3-12-4-5-14(15(21)9-12)17-11(2)8-16(19-20-17)18-13-6-7-22-10-13/h1,4-5,8-9,13,21H,6-7,10H2,2H3,(H,18,19)/t13-/m1/s1. The van der Waals surface area contributed by atoms with Crippen LogP contribution in [0.15, 0.2) is 24.3 Å². The van der Waals surface area contributed by atoms with Gasteiger partial charge in [-0.15, -0.1) is 16.6 Å². The number of phenolic OH excluding ortho intramolecular Hbond substituents is 1. The number of aryl methyl sites for hydroxylation is 1. The summed E-state index contributed by atoms with van der Waals surface area (Å²) in [6.07, 6.45) is 6.30. The fourth-order valence-electron chi connectivity index (χ4n) is 2.50. The zero-order chi connectivity index (χ0) is 15.5. The van der Waals surface area contributed by atoms with Crippen LogP contribution in [0.3, 0.4) is 0 Å². The summed E-state index contributed by atoms with van der Waals surface area (Å²) in [4.78, 5) is 0. The van der Waals surface area contributed by atoms with Crippen molar-refractivity contribution in [3.05, 3.63) is 35.4 Å². The lowest BCUT2D eigenvalue weighted by Crippen LogP contribution is -2.20. The molecule has 1 aliphatic heterocycles. The van der Waals surface area contributed by atoms with Gasteiger partial charge in [-0.3, -0.25) is 0 Å². The number of ether oxygens (including phenoxy) is 1. The van der Waals surface area contributed by atoms with E-state index in [0.29, 0.717) is 23.4 Å². The second kappa shape index (κ2) is 6.04. The Balaban J connectivity index is 1.87. The molecule has 1 aromatic heterocycles. The van der Waals surface area contributed by atoms with Crippen LogP contribution in [0.25, 0.3) is 11.3 Å². The highest BCUT2D eigenvalue weighted by atomic mass is 16.5. The molecule has 2 aromatic rings. The van der Waals surface area contributed by atoms with Crippen LogP contribution in [0.4, 0.5) is 5.82 Å². The molecule has 1 fully saturated rings. The van der Waals surface area contributed by atoms with Crippen molar-refractivity contribution < 1.29 is 9.84 Å². The van der Waals surface area contributed by atoms with E-state index in [1.807, 2.05) is 13.0 Å². The number of nitrogens with one attached hydrogen (secondary N) is 1. The lowest BCUT2D eigenvalue weighted by atomic mass is 10.0. The zero-order valence-electron chi connectivity index (χ0n) is 12.3. The Bertz CT molecular complexity index is 731. The third-order valence-electron chi connectivity index (χ3n) is 3.69. The summed E-state index contributed by atoms with van der Waals surface area (Å²) in [5.74, 6) is 3.32. The van der Waals surface area contributed by atoms with Crippen LogP contribution >= 0.6 is 0 Å². The van der Waals surface area contributed by atoms with Crippen LogP contribution in [-0.4, -0.2) is 34.6 Å². The highest BCUT2D eigenvalue weighted by molar-refractivity contribution is 5.71. The van der Waals surface area contributed by atoms with Gasteiger partial charge >= 0.3 is 0 Å². The molecular weight excluding hydrogens is 278 g/mol. The maximum absolute atomic E-state index is 10.1. The van der Waals surface area contributed by atoms with Gasteiger partial charge in [-0.1, -0.05) is 5.92 Å². The Morgan fingerprint density at radius 3 is 2.86 bits per heavy atom. The SMILES string of the molecule is C#Cc1ccc(-c2nnc(N[C@@H]3CCOC3)cc2C)c(O)c1. The van der Waals surface area contributed by atoms with Gasteiger partial charge < -0.3 is 15.2 Å². The molecule has 112 valence electrons. The number of anilines is 1. The van der Waals surface area contributed by atoms with E-state index in [9.17, 15) is 5.11 Å². The van der Waals surface area contributed by atoms with Crippen LogP contribution in [0, 0.1) is 19.3 Å². The number of benzene rings is 1. The smallest absolute Gasteiger partial charge is 0.149 e. The number of hydrogen-bond acceptors (Lipinski definition) is 5. The molecule has 1 saturated heterocycles. The molecule has 22 heavy (non-hydrogen) atoms. The van der Waals surface area contributed by atoms with Crippen molar-refractivity contribution in [2.45, 2.75) is 19.4 Å². The molecule has 5 heteroatoms. The maximum Gasteiger partial charge on any atom is 0.149 e. The first-order valence-corrected chi connectivity index (χ1v) is 7.16. The van der Waals surface area contributed by atoms with Gasteiger partial charge in [-0.2, -0.15) is 0 Å². The number of rotatable bonds is 3. The van der Waals surface area contributed by atoms with Gasteiger partial charge in [0, 0.05) is 17.7 Å². The van der Waals surface area contributed by atoms with E-state index in [1.165, 1.54) is 0 Å². The number of aromatic hydroxyl groups is 1. The van der Waals surface area contributed by atoms with Crippen LogP contribution in [0.5, 0.6) is 5.75 Å². The third kappa shape index (κ3) is 2.87. The van der Waals surface area contributed by atoms with Crippen molar-refractivity contribution in [1.29, 1.82) is 0 Å². The summed E-state index contributed by atoms with van der Waals surface area (Å²) in [7, 11) is 0.